The van der Waals surface area contributed by atoms with Crippen molar-refractivity contribution in [3.63, 3.8) is 0 Å². The zero-order valence-electron chi connectivity index (χ0n) is 11.1. The van der Waals surface area contributed by atoms with Crippen molar-refractivity contribution in [3.8, 4) is 0 Å². The van der Waals surface area contributed by atoms with Crippen LogP contribution < -0.4 is 10.6 Å². The van der Waals surface area contributed by atoms with Gasteiger partial charge < -0.3 is 10.6 Å². The van der Waals surface area contributed by atoms with E-state index in [2.05, 4.69) is 0 Å². The molecule has 0 radical (unpaired) electrons. The Morgan fingerprint density at radius 3 is 2.67 bits per heavy atom. The van der Waals surface area contributed by atoms with Gasteiger partial charge in [0.1, 0.15) is 0 Å². The van der Waals surface area contributed by atoms with Crippen LogP contribution in [0.5, 0.6) is 0 Å². The molecular formula is C15H22N2O. The molecule has 0 heterocycles. The Bertz CT molecular complexity index is 411. The first-order chi connectivity index (χ1) is 8.68. The highest BCUT2D eigenvalue weighted by atomic mass is 16.2. The van der Waals surface area contributed by atoms with Crippen LogP contribution in [0.3, 0.4) is 0 Å². The van der Waals surface area contributed by atoms with Crippen LogP contribution in [-0.4, -0.2) is 13.0 Å². The minimum atomic E-state index is 0.166. The van der Waals surface area contributed by atoms with Gasteiger partial charge in [0.05, 0.1) is 11.4 Å². The molecule has 0 spiro atoms. The summed E-state index contributed by atoms with van der Waals surface area (Å²) in [5.74, 6) is 0.926. The fraction of sp³-hybridized carbons (Fsp3) is 0.533. The van der Waals surface area contributed by atoms with Gasteiger partial charge in [0.15, 0.2) is 0 Å². The minimum absolute atomic E-state index is 0.166. The molecule has 1 saturated carbocycles. The van der Waals surface area contributed by atoms with E-state index in [-0.39, 0.29) is 5.91 Å². The van der Waals surface area contributed by atoms with Crippen molar-refractivity contribution in [1.29, 1.82) is 0 Å². The lowest BCUT2D eigenvalue weighted by Crippen LogP contribution is -2.27. The average molecular weight is 246 g/mol. The van der Waals surface area contributed by atoms with Gasteiger partial charge in [-0.25, -0.2) is 0 Å². The van der Waals surface area contributed by atoms with Crippen LogP contribution in [0.15, 0.2) is 24.3 Å². The van der Waals surface area contributed by atoms with Crippen LogP contribution in [0.2, 0.25) is 0 Å². The number of nitrogens with zero attached hydrogens (tertiary/aromatic N) is 1. The molecule has 1 fully saturated rings. The van der Waals surface area contributed by atoms with Gasteiger partial charge in [0.25, 0.3) is 0 Å². The van der Waals surface area contributed by atoms with Gasteiger partial charge in [0.2, 0.25) is 5.91 Å². The molecule has 1 aliphatic rings. The Morgan fingerprint density at radius 1 is 1.33 bits per heavy atom. The lowest BCUT2D eigenvalue weighted by atomic mass is 10.0. The van der Waals surface area contributed by atoms with Gasteiger partial charge in [-0.3, -0.25) is 4.79 Å². The third-order valence-corrected chi connectivity index (χ3v) is 3.91. The molecular weight excluding hydrogens is 224 g/mol. The molecule has 2 N–H and O–H groups in total. The van der Waals surface area contributed by atoms with Crippen LogP contribution in [0.1, 0.15) is 38.5 Å². The fourth-order valence-electron chi connectivity index (χ4n) is 2.72. The maximum absolute atomic E-state index is 12.1. The predicted molar refractivity (Wildman–Crippen MR) is 75.5 cm³/mol. The summed E-state index contributed by atoms with van der Waals surface area (Å²) < 4.78 is 0. The second-order valence-corrected chi connectivity index (χ2v) is 5.20. The topological polar surface area (TPSA) is 46.3 Å². The highest BCUT2D eigenvalue weighted by Crippen LogP contribution is 2.29. The first-order valence-corrected chi connectivity index (χ1v) is 6.79. The first-order valence-electron chi connectivity index (χ1n) is 6.79. The molecule has 0 bridgehead atoms. The molecule has 3 nitrogen and oxygen atoms in total. The largest absolute Gasteiger partial charge is 0.397 e. The van der Waals surface area contributed by atoms with Gasteiger partial charge in [-0.05, 0) is 24.5 Å². The second kappa shape index (κ2) is 5.89. The van der Waals surface area contributed by atoms with Crippen molar-refractivity contribution < 1.29 is 4.79 Å². The molecule has 1 aromatic rings. The number of amides is 1. The van der Waals surface area contributed by atoms with Crippen molar-refractivity contribution in [2.45, 2.75) is 38.5 Å². The quantitative estimate of drug-likeness (QED) is 0.829. The number of carbonyl (C=O) groups is 1. The van der Waals surface area contributed by atoms with E-state index in [1.165, 1.54) is 25.7 Å². The Hall–Kier alpha value is -1.51. The van der Waals surface area contributed by atoms with Crippen molar-refractivity contribution >= 4 is 17.3 Å². The Kier molecular flexibility index (Phi) is 4.24. The number of anilines is 2. The Balaban J connectivity index is 1.90. The summed E-state index contributed by atoms with van der Waals surface area (Å²) in [4.78, 5) is 13.8. The minimum Gasteiger partial charge on any atom is -0.397 e. The highest BCUT2D eigenvalue weighted by molar-refractivity contribution is 5.95. The Labute approximate surface area is 109 Å². The normalized spacial score (nSPS) is 15.8. The third kappa shape index (κ3) is 3.03. The molecule has 2 rings (SSSR count). The van der Waals surface area contributed by atoms with Crippen molar-refractivity contribution in [1.82, 2.24) is 0 Å². The summed E-state index contributed by atoms with van der Waals surface area (Å²) in [6, 6.07) is 7.51. The molecule has 0 unspecified atom stereocenters. The molecule has 0 aliphatic heterocycles. The van der Waals surface area contributed by atoms with Gasteiger partial charge in [-0.1, -0.05) is 37.8 Å². The number of rotatable bonds is 4. The predicted octanol–water partition coefficient (Wildman–Crippen LogP) is 3.20. The standard InChI is InChI=1S/C15H22N2O/c1-17(14-9-5-4-8-13(14)16)15(18)11-10-12-6-2-3-7-12/h4-5,8-9,12H,2-3,6-7,10-11,16H2,1H3. The van der Waals surface area contributed by atoms with E-state index < -0.39 is 0 Å². The molecule has 18 heavy (non-hydrogen) atoms. The first kappa shape index (κ1) is 12.9. The van der Waals surface area contributed by atoms with Crippen LogP contribution in [0.25, 0.3) is 0 Å². The van der Waals surface area contributed by atoms with E-state index in [0.717, 1.165) is 18.0 Å². The van der Waals surface area contributed by atoms with Gasteiger partial charge in [-0.15, -0.1) is 0 Å². The third-order valence-electron chi connectivity index (χ3n) is 3.91. The summed E-state index contributed by atoms with van der Waals surface area (Å²) in [6.07, 6.45) is 6.92. The lowest BCUT2D eigenvalue weighted by molar-refractivity contribution is -0.118. The molecule has 3 heteroatoms. The summed E-state index contributed by atoms with van der Waals surface area (Å²) in [6.45, 7) is 0. The maximum atomic E-state index is 12.1. The summed E-state index contributed by atoms with van der Waals surface area (Å²) in [7, 11) is 1.81. The maximum Gasteiger partial charge on any atom is 0.226 e. The number of nitrogen functional groups attached to an aromatic ring is 1. The van der Waals surface area contributed by atoms with E-state index in [4.69, 9.17) is 5.73 Å². The zero-order chi connectivity index (χ0) is 13.0. The van der Waals surface area contributed by atoms with E-state index >= 15 is 0 Å². The summed E-state index contributed by atoms with van der Waals surface area (Å²) >= 11 is 0. The SMILES string of the molecule is CN(C(=O)CCC1CCCC1)c1ccccc1N. The van der Waals surface area contributed by atoms with Gasteiger partial charge >= 0.3 is 0 Å². The van der Waals surface area contributed by atoms with Crippen LogP contribution in [0.4, 0.5) is 11.4 Å². The van der Waals surface area contributed by atoms with E-state index in [0.29, 0.717) is 12.1 Å². The number of benzene rings is 1. The fourth-order valence-corrected chi connectivity index (χ4v) is 2.72. The van der Waals surface area contributed by atoms with Crippen LogP contribution in [-0.2, 0) is 4.79 Å². The van der Waals surface area contributed by atoms with Crippen molar-refractivity contribution in [2.24, 2.45) is 5.92 Å². The summed E-state index contributed by atoms with van der Waals surface area (Å²) in [5.41, 5.74) is 7.36. The molecule has 98 valence electrons. The molecule has 1 amide bonds. The molecule has 1 aromatic carbocycles. The van der Waals surface area contributed by atoms with Crippen molar-refractivity contribution in [3.05, 3.63) is 24.3 Å². The zero-order valence-corrected chi connectivity index (χ0v) is 11.1. The Morgan fingerprint density at radius 2 is 2.00 bits per heavy atom. The summed E-state index contributed by atoms with van der Waals surface area (Å²) in [5, 5.41) is 0. The van der Waals surface area contributed by atoms with Crippen LogP contribution in [0, 0.1) is 5.92 Å². The number of carbonyl (C=O) groups excluding carboxylic acids is 1. The number of hydrogen-bond donors (Lipinski definition) is 1. The highest BCUT2D eigenvalue weighted by Gasteiger charge is 2.18. The van der Waals surface area contributed by atoms with Crippen molar-refractivity contribution in [2.75, 3.05) is 17.7 Å². The smallest absolute Gasteiger partial charge is 0.226 e. The van der Waals surface area contributed by atoms with E-state index in [1.807, 2.05) is 31.3 Å². The van der Waals surface area contributed by atoms with Gasteiger partial charge in [-0.2, -0.15) is 0 Å². The molecule has 1 aliphatic carbocycles. The van der Waals surface area contributed by atoms with E-state index in [9.17, 15) is 4.79 Å². The van der Waals surface area contributed by atoms with E-state index in [1.54, 1.807) is 4.90 Å². The monoisotopic (exact) mass is 246 g/mol. The lowest BCUT2D eigenvalue weighted by Gasteiger charge is -2.20. The number of nitrogens with two attached hydrogens (primary N) is 1. The molecule has 0 atom stereocenters. The number of para-hydroxylation sites is 2. The van der Waals surface area contributed by atoms with Crippen LogP contribution >= 0.6 is 0 Å². The van der Waals surface area contributed by atoms with Gasteiger partial charge in [0, 0.05) is 13.5 Å². The average Bonchev–Trinajstić information content (AvgIpc) is 2.89. The molecule has 0 aromatic heterocycles. The molecule has 0 saturated heterocycles. The number of hydrogen-bond acceptors (Lipinski definition) is 2. The second-order valence-electron chi connectivity index (χ2n) is 5.20.